The van der Waals surface area contributed by atoms with E-state index >= 15 is 0 Å². The highest BCUT2D eigenvalue weighted by Gasteiger charge is 2.21. The van der Waals surface area contributed by atoms with Gasteiger partial charge in [0.15, 0.2) is 5.82 Å². The van der Waals surface area contributed by atoms with E-state index in [1.807, 2.05) is 7.05 Å². The monoisotopic (exact) mass is 197 g/mol. The first-order valence-electron chi connectivity index (χ1n) is 4.57. The molecule has 4 nitrogen and oxygen atoms in total. The summed E-state index contributed by atoms with van der Waals surface area (Å²) in [6, 6.07) is 0.256. The quantitative estimate of drug-likeness (QED) is 0.699. The molecule has 0 bridgehead atoms. The summed E-state index contributed by atoms with van der Waals surface area (Å²) >= 11 is 0. The standard InChI is InChI=1S/C9H12FN3O/c1-13-3-2-8(6-13)14-9-11-4-7(10)5-12-9/h4-5,8H,2-3,6H2,1H3. The predicted molar refractivity (Wildman–Crippen MR) is 48.5 cm³/mol. The SMILES string of the molecule is CN1CCC(Oc2ncc(F)cn2)C1. The maximum atomic E-state index is 12.5. The van der Waals surface area contributed by atoms with Crippen molar-refractivity contribution in [2.45, 2.75) is 12.5 Å². The fourth-order valence-electron chi connectivity index (χ4n) is 1.50. The van der Waals surface area contributed by atoms with Crippen LogP contribution in [0.2, 0.25) is 0 Å². The van der Waals surface area contributed by atoms with Gasteiger partial charge in [0.1, 0.15) is 6.10 Å². The summed E-state index contributed by atoms with van der Waals surface area (Å²) < 4.78 is 17.9. The molecule has 1 aliphatic heterocycles. The lowest BCUT2D eigenvalue weighted by Crippen LogP contribution is -2.22. The number of aromatic nitrogens is 2. The minimum atomic E-state index is -0.444. The maximum Gasteiger partial charge on any atom is 0.316 e. The summed E-state index contributed by atoms with van der Waals surface area (Å²) in [7, 11) is 2.04. The summed E-state index contributed by atoms with van der Waals surface area (Å²) in [5.41, 5.74) is 0. The second-order valence-electron chi connectivity index (χ2n) is 3.47. The molecule has 2 heterocycles. The van der Waals surface area contributed by atoms with Crippen molar-refractivity contribution < 1.29 is 9.13 Å². The van der Waals surface area contributed by atoms with Crippen molar-refractivity contribution in [3.05, 3.63) is 18.2 Å². The van der Waals surface area contributed by atoms with Gasteiger partial charge in [-0.25, -0.2) is 14.4 Å². The summed E-state index contributed by atoms with van der Waals surface area (Å²) in [6.45, 7) is 1.90. The molecular weight excluding hydrogens is 185 g/mol. The molecule has 1 aromatic rings. The summed E-state index contributed by atoms with van der Waals surface area (Å²) in [5, 5.41) is 0. The van der Waals surface area contributed by atoms with E-state index in [-0.39, 0.29) is 12.1 Å². The fourth-order valence-corrected chi connectivity index (χ4v) is 1.50. The van der Waals surface area contributed by atoms with Gasteiger partial charge in [-0.3, -0.25) is 0 Å². The molecule has 0 aromatic carbocycles. The Labute approximate surface area is 81.7 Å². The van der Waals surface area contributed by atoms with Crippen LogP contribution in [0, 0.1) is 5.82 Å². The highest BCUT2D eigenvalue weighted by Crippen LogP contribution is 2.12. The minimum absolute atomic E-state index is 0.130. The average Bonchev–Trinajstić information content (AvgIpc) is 2.56. The second kappa shape index (κ2) is 3.88. The van der Waals surface area contributed by atoms with Crippen molar-refractivity contribution in [1.29, 1.82) is 0 Å². The summed E-state index contributed by atoms with van der Waals surface area (Å²) in [5.74, 6) is -0.444. The predicted octanol–water partition coefficient (Wildman–Crippen LogP) is 0.699. The van der Waals surface area contributed by atoms with Crippen LogP contribution in [0.4, 0.5) is 4.39 Å². The molecule has 0 N–H and O–H groups in total. The van der Waals surface area contributed by atoms with Crippen molar-refractivity contribution in [3.63, 3.8) is 0 Å². The molecule has 0 saturated carbocycles. The third kappa shape index (κ3) is 2.17. The molecule has 5 heteroatoms. The van der Waals surface area contributed by atoms with E-state index in [9.17, 15) is 4.39 Å². The molecule has 0 radical (unpaired) electrons. The zero-order valence-corrected chi connectivity index (χ0v) is 7.98. The smallest absolute Gasteiger partial charge is 0.316 e. The van der Waals surface area contributed by atoms with Crippen molar-refractivity contribution in [2.24, 2.45) is 0 Å². The summed E-state index contributed by atoms with van der Waals surface area (Å²) in [4.78, 5) is 9.65. The van der Waals surface area contributed by atoms with E-state index in [2.05, 4.69) is 14.9 Å². The highest BCUT2D eigenvalue weighted by atomic mass is 19.1. The summed E-state index contributed by atoms with van der Waals surface area (Å²) in [6.07, 6.45) is 3.32. The van der Waals surface area contributed by atoms with Gasteiger partial charge in [-0.05, 0) is 13.5 Å². The van der Waals surface area contributed by atoms with E-state index in [4.69, 9.17) is 4.74 Å². The number of hydrogen-bond acceptors (Lipinski definition) is 4. The van der Waals surface area contributed by atoms with Crippen LogP contribution in [-0.2, 0) is 0 Å². The average molecular weight is 197 g/mol. The van der Waals surface area contributed by atoms with Crippen LogP contribution in [0.25, 0.3) is 0 Å². The number of nitrogens with zero attached hydrogens (tertiary/aromatic N) is 3. The van der Waals surface area contributed by atoms with E-state index in [0.717, 1.165) is 31.9 Å². The Kier molecular flexibility index (Phi) is 2.58. The lowest BCUT2D eigenvalue weighted by Gasteiger charge is -2.11. The Morgan fingerprint density at radius 2 is 2.21 bits per heavy atom. The van der Waals surface area contributed by atoms with Crippen LogP contribution in [-0.4, -0.2) is 41.1 Å². The van der Waals surface area contributed by atoms with Gasteiger partial charge in [0, 0.05) is 13.1 Å². The molecule has 1 aromatic heterocycles. The Morgan fingerprint density at radius 1 is 1.50 bits per heavy atom. The van der Waals surface area contributed by atoms with E-state index < -0.39 is 5.82 Å². The second-order valence-corrected chi connectivity index (χ2v) is 3.47. The van der Waals surface area contributed by atoms with Gasteiger partial charge in [-0.1, -0.05) is 0 Å². The third-order valence-electron chi connectivity index (χ3n) is 2.22. The molecular formula is C9H12FN3O. The van der Waals surface area contributed by atoms with Gasteiger partial charge in [0.25, 0.3) is 0 Å². The Morgan fingerprint density at radius 3 is 2.79 bits per heavy atom. The van der Waals surface area contributed by atoms with Gasteiger partial charge >= 0.3 is 6.01 Å². The van der Waals surface area contributed by atoms with Crippen molar-refractivity contribution >= 4 is 0 Å². The number of likely N-dealkylation sites (tertiary alicyclic amines) is 1. The van der Waals surface area contributed by atoms with Gasteiger partial charge in [0.2, 0.25) is 0 Å². The lowest BCUT2D eigenvalue weighted by molar-refractivity contribution is 0.190. The van der Waals surface area contributed by atoms with Crippen molar-refractivity contribution in [2.75, 3.05) is 20.1 Å². The normalized spacial score (nSPS) is 22.6. The van der Waals surface area contributed by atoms with E-state index in [0.29, 0.717) is 0 Å². The molecule has 0 spiro atoms. The van der Waals surface area contributed by atoms with Crippen LogP contribution in [0.1, 0.15) is 6.42 Å². The largest absolute Gasteiger partial charge is 0.459 e. The molecule has 14 heavy (non-hydrogen) atoms. The van der Waals surface area contributed by atoms with Gasteiger partial charge in [0.05, 0.1) is 12.4 Å². The maximum absolute atomic E-state index is 12.5. The number of ether oxygens (including phenoxy) is 1. The highest BCUT2D eigenvalue weighted by molar-refractivity contribution is 4.97. The fraction of sp³-hybridized carbons (Fsp3) is 0.556. The first-order chi connectivity index (χ1) is 6.74. The van der Waals surface area contributed by atoms with E-state index in [1.54, 1.807) is 0 Å². The molecule has 1 aliphatic rings. The zero-order valence-electron chi connectivity index (χ0n) is 7.98. The number of hydrogen-bond donors (Lipinski definition) is 0. The Hall–Kier alpha value is -1.23. The van der Waals surface area contributed by atoms with Gasteiger partial charge < -0.3 is 9.64 Å². The van der Waals surface area contributed by atoms with Gasteiger partial charge in [-0.2, -0.15) is 0 Å². The Bertz CT molecular complexity index is 303. The molecule has 1 unspecified atom stereocenters. The van der Waals surface area contributed by atoms with Crippen LogP contribution in [0.5, 0.6) is 6.01 Å². The van der Waals surface area contributed by atoms with Crippen LogP contribution in [0.3, 0.4) is 0 Å². The third-order valence-corrected chi connectivity index (χ3v) is 2.22. The van der Waals surface area contributed by atoms with E-state index in [1.165, 1.54) is 0 Å². The number of rotatable bonds is 2. The van der Waals surface area contributed by atoms with Crippen LogP contribution < -0.4 is 4.74 Å². The molecule has 2 rings (SSSR count). The van der Waals surface area contributed by atoms with Crippen molar-refractivity contribution in [3.8, 4) is 6.01 Å². The zero-order chi connectivity index (χ0) is 9.97. The van der Waals surface area contributed by atoms with Crippen LogP contribution in [0.15, 0.2) is 12.4 Å². The number of halogens is 1. The topological polar surface area (TPSA) is 38.2 Å². The van der Waals surface area contributed by atoms with Crippen LogP contribution >= 0.6 is 0 Å². The molecule has 76 valence electrons. The first kappa shape index (κ1) is 9.33. The molecule has 1 atom stereocenters. The first-order valence-corrected chi connectivity index (χ1v) is 4.57. The lowest BCUT2D eigenvalue weighted by atomic mass is 10.3. The molecule has 1 fully saturated rings. The Balaban J connectivity index is 1.94. The molecule has 1 saturated heterocycles. The molecule has 0 aliphatic carbocycles. The minimum Gasteiger partial charge on any atom is -0.459 e. The number of likely N-dealkylation sites (N-methyl/N-ethyl adjacent to an activating group) is 1. The van der Waals surface area contributed by atoms with Gasteiger partial charge in [-0.15, -0.1) is 0 Å². The molecule has 0 amide bonds. The van der Waals surface area contributed by atoms with Crippen molar-refractivity contribution in [1.82, 2.24) is 14.9 Å².